The van der Waals surface area contributed by atoms with Crippen molar-refractivity contribution in [3.63, 3.8) is 0 Å². The molecule has 20 heavy (non-hydrogen) atoms. The monoisotopic (exact) mass is 278 g/mol. The first-order valence-electron chi connectivity index (χ1n) is 7.67. The van der Waals surface area contributed by atoms with Crippen molar-refractivity contribution >= 4 is 5.69 Å². The molecule has 0 bridgehead atoms. The Balaban J connectivity index is 1.68. The van der Waals surface area contributed by atoms with Crippen LogP contribution in [0.2, 0.25) is 0 Å². The Hall–Kier alpha value is -1.13. The quantitative estimate of drug-likeness (QED) is 0.919. The van der Waals surface area contributed by atoms with Crippen molar-refractivity contribution in [1.29, 1.82) is 0 Å². The van der Waals surface area contributed by atoms with Gasteiger partial charge in [-0.15, -0.1) is 0 Å². The average molecular weight is 278 g/mol. The minimum atomic E-state index is -0.217. The summed E-state index contributed by atoms with van der Waals surface area (Å²) in [5.74, 6) is -0.217. The fourth-order valence-electron chi connectivity index (χ4n) is 3.62. The van der Waals surface area contributed by atoms with E-state index in [1.165, 1.54) is 31.7 Å². The number of aliphatic hydroxyl groups excluding tert-OH is 1. The summed E-state index contributed by atoms with van der Waals surface area (Å²) in [4.78, 5) is 4.65. The first-order valence-corrected chi connectivity index (χ1v) is 7.67. The van der Waals surface area contributed by atoms with E-state index in [4.69, 9.17) is 0 Å². The summed E-state index contributed by atoms with van der Waals surface area (Å²) >= 11 is 0. The molecule has 1 heterocycles. The van der Waals surface area contributed by atoms with Crippen molar-refractivity contribution in [2.45, 2.75) is 38.3 Å². The largest absolute Gasteiger partial charge is 0.392 e. The van der Waals surface area contributed by atoms with Gasteiger partial charge in [0.15, 0.2) is 0 Å². The molecule has 3 nitrogen and oxygen atoms in total. The number of benzene rings is 1. The Morgan fingerprint density at radius 1 is 1.10 bits per heavy atom. The fourth-order valence-corrected chi connectivity index (χ4v) is 3.62. The smallest absolute Gasteiger partial charge is 0.146 e. The van der Waals surface area contributed by atoms with Gasteiger partial charge in [-0.2, -0.15) is 0 Å². The molecule has 2 aliphatic rings. The van der Waals surface area contributed by atoms with Gasteiger partial charge in [0.1, 0.15) is 5.82 Å². The lowest BCUT2D eigenvalue weighted by Gasteiger charge is -2.39. The van der Waals surface area contributed by atoms with Gasteiger partial charge < -0.3 is 10.0 Å². The molecule has 110 valence electrons. The second kappa shape index (κ2) is 6.10. The number of para-hydroxylation sites is 1. The lowest BCUT2D eigenvalue weighted by molar-refractivity contribution is 0.187. The van der Waals surface area contributed by atoms with E-state index < -0.39 is 0 Å². The molecule has 1 saturated heterocycles. The molecule has 0 amide bonds. The van der Waals surface area contributed by atoms with Crippen LogP contribution in [0, 0.1) is 5.82 Å². The molecule has 2 fully saturated rings. The molecule has 0 spiro atoms. The number of piperazine rings is 1. The van der Waals surface area contributed by atoms with Crippen molar-refractivity contribution in [3.8, 4) is 0 Å². The van der Waals surface area contributed by atoms with Gasteiger partial charge in [0, 0.05) is 37.8 Å². The standard InChI is InChI=1S/C16H23FN2O/c17-15-7-3-4-13(12-20)16(15)19-10-8-18(9-11-19)14-5-1-2-6-14/h3-4,7,14,20H,1-2,5-6,8-12H2. The third kappa shape index (κ3) is 2.67. The van der Waals surface area contributed by atoms with Crippen molar-refractivity contribution in [3.05, 3.63) is 29.6 Å². The Kier molecular flexibility index (Phi) is 4.22. The fraction of sp³-hybridized carbons (Fsp3) is 0.625. The Bertz CT molecular complexity index is 452. The van der Waals surface area contributed by atoms with Crippen LogP contribution >= 0.6 is 0 Å². The summed E-state index contributed by atoms with van der Waals surface area (Å²) in [6.07, 6.45) is 5.35. The van der Waals surface area contributed by atoms with Crippen LogP contribution in [-0.2, 0) is 6.61 Å². The highest BCUT2D eigenvalue weighted by atomic mass is 19.1. The second-order valence-corrected chi connectivity index (χ2v) is 5.87. The lowest BCUT2D eigenvalue weighted by Crippen LogP contribution is -2.50. The van der Waals surface area contributed by atoms with E-state index in [9.17, 15) is 9.50 Å². The summed E-state index contributed by atoms with van der Waals surface area (Å²) in [5.41, 5.74) is 1.29. The number of anilines is 1. The van der Waals surface area contributed by atoms with Crippen LogP contribution in [0.15, 0.2) is 18.2 Å². The van der Waals surface area contributed by atoms with Crippen LogP contribution < -0.4 is 4.90 Å². The SMILES string of the molecule is OCc1cccc(F)c1N1CCN(C2CCCC2)CC1. The molecule has 1 N–H and O–H groups in total. The summed E-state index contributed by atoms with van der Waals surface area (Å²) in [6.45, 7) is 3.61. The molecule has 0 atom stereocenters. The van der Waals surface area contributed by atoms with Gasteiger partial charge in [-0.3, -0.25) is 4.90 Å². The van der Waals surface area contributed by atoms with Gasteiger partial charge in [-0.1, -0.05) is 25.0 Å². The maximum atomic E-state index is 14.1. The predicted octanol–water partition coefficient (Wildman–Crippen LogP) is 2.38. The molecule has 1 aliphatic heterocycles. The van der Waals surface area contributed by atoms with E-state index >= 15 is 0 Å². The summed E-state index contributed by atoms with van der Waals surface area (Å²) in [6, 6.07) is 5.70. The molecule has 0 radical (unpaired) electrons. The first-order chi connectivity index (χ1) is 9.79. The van der Waals surface area contributed by atoms with Gasteiger partial charge in [-0.05, 0) is 18.9 Å². The van der Waals surface area contributed by atoms with Gasteiger partial charge in [0.2, 0.25) is 0 Å². The maximum Gasteiger partial charge on any atom is 0.146 e. The molecular formula is C16H23FN2O. The number of hydrogen-bond donors (Lipinski definition) is 1. The summed E-state index contributed by atoms with van der Waals surface area (Å²) in [5, 5.41) is 9.39. The van der Waals surface area contributed by atoms with E-state index in [1.54, 1.807) is 6.07 Å². The number of hydrogen-bond acceptors (Lipinski definition) is 3. The van der Waals surface area contributed by atoms with E-state index in [-0.39, 0.29) is 12.4 Å². The second-order valence-electron chi connectivity index (χ2n) is 5.87. The molecule has 1 saturated carbocycles. The zero-order valence-corrected chi connectivity index (χ0v) is 11.9. The Morgan fingerprint density at radius 2 is 1.80 bits per heavy atom. The van der Waals surface area contributed by atoms with Gasteiger partial charge in [0.05, 0.1) is 12.3 Å². The zero-order chi connectivity index (χ0) is 13.9. The van der Waals surface area contributed by atoms with Crippen LogP contribution in [0.5, 0.6) is 0 Å². The number of rotatable bonds is 3. The van der Waals surface area contributed by atoms with E-state index in [0.29, 0.717) is 11.3 Å². The molecule has 3 rings (SSSR count). The van der Waals surface area contributed by atoms with Gasteiger partial charge in [-0.25, -0.2) is 4.39 Å². The molecule has 1 aromatic carbocycles. The summed E-state index contributed by atoms with van der Waals surface area (Å²) < 4.78 is 14.1. The molecule has 0 aromatic heterocycles. The minimum Gasteiger partial charge on any atom is -0.392 e. The number of nitrogens with zero attached hydrogens (tertiary/aromatic N) is 2. The first kappa shape index (κ1) is 13.8. The predicted molar refractivity (Wildman–Crippen MR) is 78.4 cm³/mol. The maximum absolute atomic E-state index is 14.1. The Morgan fingerprint density at radius 3 is 2.45 bits per heavy atom. The number of aliphatic hydroxyl groups is 1. The normalized spacial score (nSPS) is 21.6. The highest BCUT2D eigenvalue weighted by Crippen LogP contribution is 2.28. The topological polar surface area (TPSA) is 26.7 Å². The van der Waals surface area contributed by atoms with Crippen molar-refractivity contribution < 1.29 is 9.50 Å². The minimum absolute atomic E-state index is 0.101. The number of halogens is 1. The van der Waals surface area contributed by atoms with E-state index in [2.05, 4.69) is 9.80 Å². The van der Waals surface area contributed by atoms with Crippen LogP contribution in [0.4, 0.5) is 10.1 Å². The highest BCUT2D eigenvalue weighted by Gasteiger charge is 2.27. The zero-order valence-electron chi connectivity index (χ0n) is 11.9. The van der Waals surface area contributed by atoms with Crippen molar-refractivity contribution in [1.82, 2.24) is 4.90 Å². The van der Waals surface area contributed by atoms with Gasteiger partial charge in [0.25, 0.3) is 0 Å². The lowest BCUT2D eigenvalue weighted by atomic mass is 10.1. The van der Waals surface area contributed by atoms with E-state index in [0.717, 1.165) is 32.2 Å². The van der Waals surface area contributed by atoms with Crippen LogP contribution in [0.1, 0.15) is 31.2 Å². The molecule has 1 aromatic rings. The van der Waals surface area contributed by atoms with Crippen molar-refractivity contribution in [2.24, 2.45) is 0 Å². The third-order valence-electron chi connectivity index (χ3n) is 4.71. The van der Waals surface area contributed by atoms with Crippen molar-refractivity contribution in [2.75, 3.05) is 31.1 Å². The Labute approximate surface area is 120 Å². The summed E-state index contributed by atoms with van der Waals surface area (Å²) in [7, 11) is 0. The highest BCUT2D eigenvalue weighted by molar-refractivity contribution is 5.55. The average Bonchev–Trinajstić information content (AvgIpc) is 3.01. The van der Waals surface area contributed by atoms with Crippen LogP contribution in [0.25, 0.3) is 0 Å². The molecule has 1 aliphatic carbocycles. The molecule has 0 unspecified atom stereocenters. The molecular weight excluding hydrogens is 255 g/mol. The molecule has 4 heteroatoms. The van der Waals surface area contributed by atoms with E-state index in [1.807, 2.05) is 6.07 Å². The van der Waals surface area contributed by atoms with Crippen LogP contribution in [-0.4, -0.2) is 42.2 Å². The van der Waals surface area contributed by atoms with Gasteiger partial charge >= 0.3 is 0 Å². The van der Waals surface area contributed by atoms with Crippen LogP contribution in [0.3, 0.4) is 0 Å². The third-order valence-corrected chi connectivity index (χ3v) is 4.71.